The summed E-state index contributed by atoms with van der Waals surface area (Å²) in [6.07, 6.45) is 3.79. The fourth-order valence-electron chi connectivity index (χ4n) is 5.38. The van der Waals surface area contributed by atoms with Crippen LogP contribution in [-0.4, -0.2) is 104 Å². The van der Waals surface area contributed by atoms with Crippen LogP contribution < -0.4 is 11.1 Å². The van der Waals surface area contributed by atoms with Crippen molar-refractivity contribution in [2.24, 2.45) is 5.73 Å². The molecule has 1 fully saturated rings. The smallest absolute Gasteiger partial charge is 0.297 e. The Morgan fingerprint density at radius 1 is 0.667 bits per heavy atom. The van der Waals surface area contributed by atoms with Crippen molar-refractivity contribution in [1.29, 1.82) is 0 Å². The summed E-state index contributed by atoms with van der Waals surface area (Å²) in [4.78, 5) is 23.9. The van der Waals surface area contributed by atoms with Crippen molar-refractivity contribution in [1.82, 2.24) is 5.32 Å². The van der Waals surface area contributed by atoms with Gasteiger partial charge in [0.15, 0.2) is 6.29 Å². The van der Waals surface area contributed by atoms with Gasteiger partial charge in [0.05, 0.1) is 30.6 Å². The second-order valence-electron chi connectivity index (χ2n) is 13.3. The molecule has 1 heterocycles. The van der Waals surface area contributed by atoms with Gasteiger partial charge in [-0.1, -0.05) is 89.9 Å². The van der Waals surface area contributed by atoms with E-state index < -0.39 is 67.4 Å². The zero-order valence-electron chi connectivity index (χ0n) is 34.3. The third-order valence-corrected chi connectivity index (χ3v) is 9.53. The van der Waals surface area contributed by atoms with E-state index in [1.807, 2.05) is 0 Å². The maximum absolute atomic E-state index is 12.8. The van der Waals surface area contributed by atoms with E-state index in [1.165, 1.54) is 44.9 Å². The van der Waals surface area contributed by atoms with E-state index in [2.05, 4.69) is 131 Å². The number of aliphatic hydroxyl groups is 5. The maximum atomic E-state index is 12.8. The molecule has 8 N–H and O–H groups in total. The lowest BCUT2D eigenvalue weighted by atomic mass is 9.98. The van der Waals surface area contributed by atoms with Crippen molar-refractivity contribution in [2.75, 3.05) is 18.1 Å². The standard InChI is InChI=1S/C48H54N2O9S/c1-3-5-7-9-11-13-15-17-18-19-20-21-22-23-25-27-29-31-33-35-43(53)50-39(36-58-48-47(57)46(56)45(55)41(59-48)37-60-38-42(49)52)44(54)40(51)34-32-30-28-26-24-16-14-12-10-8-6-4-2/h39-41,44-48,51,54-57H,4,6,8,10,12,14,16,24,26,28,30,32,34,36-38H2,1-2H3,(H2,49,52)(H,50,53)/t39-,40+,41?,44-,45-,46-,47?,48-/m0/s1. The average Bonchev–Trinajstić information content (AvgIpc) is 3.23. The number of nitrogens with two attached hydrogens (primary N) is 1. The van der Waals surface area contributed by atoms with Gasteiger partial charge in [0.1, 0.15) is 24.4 Å². The number of primary amides is 1. The van der Waals surface area contributed by atoms with E-state index in [9.17, 15) is 35.1 Å². The second kappa shape index (κ2) is 35.5. The van der Waals surface area contributed by atoms with Crippen molar-refractivity contribution in [3.63, 3.8) is 0 Å². The van der Waals surface area contributed by atoms with Gasteiger partial charge in [-0.25, -0.2) is 0 Å². The summed E-state index contributed by atoms with van der Waals surface area (Å²) in [5, 5.41) is 55.9. The van der Waals surface area contributed by atoms with Crippen molar-refractivity contribution < 1.29 is 44.6 Å². The van der Waals surface area contributed by atoms with Gasteiger partial charge >= 0.3 is 0 Å². The van der Waals surface area contributed by atoms with Gasteiger partial charge in [-0.15, -0.1) is 11.8 Å². The van der Waals surface area contributed by atoms with Gasteiger partial charge in [0.2, 0.25) is 5.91 Å². The predicted octanol–water partition coefficient (Wildman–Crippen LogP) is 1.38. The number of amides is 2. The zero-order valence-corrected chi connectivity index (χ0v) is 35.1. The molecule has 1 saturated heterocycles. The van der Waals surface area contributed by atoms with E-state index in [-0.39, 0.29) is 17.9 Å². The molecule has 0 bridgehead atoms. The number of ether oxygens (including phenoxy) is 2. The summed E-state index contributed by atoms with van der Waals surface area (Å²) in [6.45, 7) is 3.40. The first kappa shape index (κ1) is 52.6. The van der Waals surface area contributed by atoms with Crippen molar-refractivity contribution in [3.8, 4) is 118 Å². The van der Waals surface area contributed by atoms with Gasteiger partial charge in [0, 0.05) is 23.5 Å². The Morgan fingerprint density at radius 2 is 1.12 bits per heavy atom. The summed E-state index contributed by atoms with van der Waals surface area (Å²) in [6, 6.07) is -1.23. The molecule has 12 heteroatoms. The molecule has 11 nitrogen and oxygen atoms in total. The molecule has 1 aliphatic rings. The van der Waals surface area contributed by atoms with Crippen molar-refractivity contribution >= 4 is 23.6 Å². The molecule has 1 rings (SSSR count). The van der Waals surface area contributed by atoms with Gasteiger partial charge in [-0.3, -0.25) is 9.59 Å². The number of nitrogens with one attached hydrogen (secondary N) is 1. The number of hydrogen-bond acceptors (Lipinski definition) is 10. The highest BCUT2D eigenvalue weighted by atomic mass is 32.2. The fourth-order valence-corrected chi connectivity index (χ4v) is 6.21. The molecular formula is C48H54N2O9S. The van der Waals surface area contributed by atoms with Crippen LogP contribution in [0.4, 0.5) is 0 Å². The van der Waals surface area contributed by atoms with Gasteiger partial charge in [-0.05, 0) is 108 Å². The molecule has 316 valence electrons. The molecule has 0 aliphatic carbocycles. The number of carbonyl (C=O) groups excluding carboxylic acids is 2. The normalized spacial score (nSPS) is 18.2. The van der Waals surface area contributed by atoms with Gasteiger partial charge in [0.25, 0.3) is 5.91 Å². The molecule has 8 atom stereocenters. The minimum atomic E-state index is -1.69. The molecule has 0 radical (unpaired) electrons. The molecule has 2 unspecified atom stereocenters. The number of carbonyl (C=O) groups is 2. The lowest BCUT2D eigenvalue weighted by molar-refractivity contribution is -0.294. The quantitative estimate of drug-likeness (QED) is 0.0585. The highest BCUT2D eigenvalue weighted by molar-refractivity contribution is 7.99. The highest BCUT2D eigenvalue weighted by Crippen LogP contribution is 2.25. The minimum absolute atomic E-state index is 0.0475. The molecule has 2 amide bonds. The van der Waals surface area contributed by atoms with Gasteiger partial charge in [-0.2, -0.15) is 0 Å². The maximum Gasteiger partial charge on any atom is 0.297 e. The number of unbranched alkanes of at least 4 members (excludes halogenated alkanes) is 11. The van der Waals surface area contributed by atoms with E-state index in [4.69, 9.17) is 15.2 Å². The Morgan fingerprint density at radius 3 is 1.58 bits per heavy atom. The molecule has 1 aliphatic heterocycles. The Bertz CT molecular complexity index is 2000. The van der Waals surface area contributed by atoms with Gasteiger partial charge < -0.3 is 46.1 Å². The van der Waals surface area contributed by atoms with Crippen molar-refractivity contribution in [2.45, 2.75) is 146 Å². The van der Waals surface area contributed by atoms with Crippen LogP contribution in [0.25, 0.3) is 0 Å². The third kappa shape index (κ3) is 26.6. The number of thioether (sulfide) groups is 1. The molecule has 60 heavy (non-hydrogen) atoms. The lowest BCUT2D eigenvalue weighted by Gasteiger charge is -2.40. The first-order valence-corrected chi connectivity index (χ1v) is 21.0. The van der Waals surface area contributed by atoms with Crippen LogP contribution >= 0.6 is 11.8 Å². The van der Waals surface area contributed by atoms with E-state index in [1.54, 1.807) is 6.92 Å². The lowest BCUT2D eigenvalue weighted by Crippen LogP contribution is -2.60. The summed E-state index contributed by atoms with van der Waals surface area (Å²) >= 11 is 1.06. The molecule has 0 spiro atoms. The SMILES string of the molecule is CC#CC#CC#CC#CC#CC#CC#CC#CC#CC#CC(=O)N[C@@H](CO[C@H]1OC(CSCC(N)=O)[C@H](O)[C@H](O)C1O)[C@H](O)[C@H](O)CCCCCCCCCCCCCC. The van der Waals surface area contributed by atoms with Crippen LogP contribution in [0.3, 0.4) is 0 Å². The second-order valence-corrected chi connectivity index (χ2v) is 14.3. The average molecular weight is 835 g/mol. The largest absolute Gasteiger partial charge is 0.390 e. The Hall–Kier alpha value is -5.39. The third-order valence-electron chi connectivity index (χ3n) is 8.47. The summed E-state index contributed by atoms with van der Waals surface area (Å²) in [5.74, 6) is 47.9. The Balaban J connectivity index is 2.85. The molecule has 0 aromatic rings. The highest BCUT2D eigenvalue weighted by Gasteiger charge is 2.44. The van der Waals surface area contributed by atoms with Crippen LogP contribution in [-0.2, 0) is 19.1 Å². The van der Waals surface area contributed by atoms with E-state index in [0.29, 0.717) is 6.42 Å². The number of rotatable bonds is 23. The molecular weight excluding hydrogens is 781 g/mol. The predicted molar refractivity (Wildman–Crippen MR) is 232 cm³/mol. The monoisotopic (exact) mass is 834 g/mol. The summed E-state index contributed by atoms with van der Waals surface area (Å²) in [7, 11) is 0. The van der Waals surface area contributed by atoms with Crippen LogP contribution in [0.1, 0.15) is 97.3 Å². The van der Waals surface area contributed by atoms with E-state index >= 15 is 0 Å². The Kier molecular flexibility index (Phi) is 31.2. The zero-order chi connectivity index (χ0) is 44.1. The molecule has 0 saturated carbocycles. The van der Waals surface area contributed by atoms with Crippen LogP contribution in [0.2, 0.25) is 0 Å². The first-order chi connectivity index (χ1) is 29.1. The van der Waals surface area contributed by atoms with E-state index in [0.717, 1.165) is 37.4 Å². The minimum Gasteiger partial charge on any atom is -0.390 e. The van der Waals surface area contributed by atoms with Crippen LogP contribution in [0.15, 0.2) is 0 Å². The number of aliphatic hydroxyl groups excluding tert-OH is 5. The molecule has 0 aromatic heterocycles. The molecule has 0 aromatic carbocycles. The summed E-state index contributed by atoms with van der Waals surface area (Å²) < 4.78 is 11.4. The number of hydrogen-bond donors (Lipinski definition) is 7. The fraction of sp³-hybridized carbons (Fsp3) is 0.542. The van der Waals surface area contributed by atoms with Crippen molar-refractivity contribution in [3.05, 3.63) is 0 Å². The topological polar surface area (TPSA) is 192 Å². The van der Waals surface area contributed by atoms with Crippen LogP contribution in [0.5, 0.6) is 0 Å². The Labute approximate surface area is 360 Å². The first-order valence-electron chi connectivity index (χ1n) is 19.9. The summed E-state index contributed by atoms with van der Waals surface area (Å²) in [5.41, 5.74) is 5.18. The van der Waals surface area contributed by atoms with Crippen LogP contribution in [0, 0.1) is 118 Å².